The zero-order valence-corrected chi connectivity index (χ0v) is 12.9. The number of aryl methyl sites for hydroxylation is 2. The fourth-order valence-corrected chi connectivity index (χ4v) is 3.07. The van der Waals surface area contributed by atoms with E-state index in [1.807, 2.05) is 18.7 Å². The number of halogens is 2. The summed E-state index contributed by atoms with van der Waals surface area (Å²) in [7, 11) is 0. The molecule has 0 unspecified atom stereocenters. The summed E-state index contributed by atoms with van der Waals surface area (Å²) >= 11 is 0. The Morgan fingerprint density at radius 3 is 2.64 bits per heavy atom. The molecule has 0 bridgehead atoms. The molecule has 2 aromatic rings. The maximum atomic E-state index is 13.5. The van der Waals surface area contributed by atoms with Gasteiger partial charge >= 0.3 is 0 Å². The standard InChI is InChI=1S/C15H21F2N5/c1-3-22-9(2)13-11(14(16)17)8-12(19-15(13)20-22)21-6-4-10(18)5-7-21/h8,10,14H,3-7,18H2,1-2H3. The first-order valence-electron chi connectivity index (χ1n) is 7.68. The van der Waals surface area contributed by atoms with Crippen molar-refractivity contribution in [3.05, 3.63) is 17.3 Å². The van der Waals surface area contributed by atoms with Gasteiger partial charge < -0.3 is 10.6 Å². The summed E-state index contributed by atoms with van der Waals surface area (Å²) in [5.74, 6) is 0.579. The van der Waals surface area contributed by atoms with Crippen molar-refractivity contribution in [2.45, 2.75) is 45.7 Å². The van der Waals surface area contributed by atoms with Gasteiger partial charge in [0.15, 0.2) is 5.65 Å². The van der Waals surface area contributed by atoms with E-state index in [0.717, 1.165) is 31.6 Å². The number of fused-ring (bicyclic) bond motifs is 1. The Morgan fingerprint density at radius 2 is 2.05 bits per heavy atom. The molecule has 120 valence electrons. The molecule has 22 heavy (non-hydrogen) atoms. The number of alkyl halides is 2. The van der Waals surface area contributed by atoms with Crippen LogP contribution < -0.4 is 10.6 Å². The third-order valence-corrected chi connectivity index (χ3v) is 4.38. The lowest BCUT2D eigenvalue weighted by Crippen LogP contribution is -2.40. The third-order valence-electron chi connectivity index (χ3n) is 4.38. The van der Waals surface area contributed by atoms with E-state index in [2.05, 4.69) is 10.1 Å². The van der Waals surface area contributed by atoms with Gasteiger partial charge in [-0.2, -0.15) is 5.10 Å². The molecule has 3 rings (SSSR count). The first-order valence-corrected chi connectivity index (χ1v) is 7.68. The molecule has 2 aromatic heterocycles. The summed E-state index contributed by atoms with van der Waals surface area (Å²) < 4.78 is 28.7. The van der Waals surface area contributed by atoms with Gasteiger partial charge in [0.2, 0.25) is 0 Å². The molecule has 0 radical (unpaired) electrons. The average Bonchev–Trinajstić information content (AvgIpc) is 2.83. The van der Waals surface area contributed by atoms with E-state index in [-0.39, 0.29) is 11.6 Å². The summed E-state index contributed by atoms with van der Waals surface area (Å²) in [6.45, 7) is 5.88. The summed E-state index contributed by atoms with van der Waals surface area (Å²) in [5, 5.41) is 4.85. The largest absolute Gasteiger partial charge is 0.356 e. The monoisotopic (exact) mass is 309 g/mol. The van der Waals surface area contributed by atoms with Gasteiger partial charge in [0.05, 0.1) is 5.39 Å². The Labute approximate surface area is 128 Å². The molecule has 5 nitrogen and oxygen atoms in total. The zero-order chi connectivity index (χ0) is 15.9. The van der Waals surface area contributed by atoms with Crippen molar-refractivity contribution in [3.63, 3.8) is 0 Å². The van der Waals surface area contributed by atoms with Gasteiger partial charge in [0.1, 0.15) is 5.82 Å². The van der Waals surface area contributed by atoms with Gasteiger partial charge in [-0.15, -0.1) is 0 Å². The molecule has 0 aliphatic carbocycles. The molecule has 3 heterocycles. The number of nitrogens with zero attached hydrogens (tertiary/aromatic N) is 4. The average molecular weight is 309 g/mol. The van der Waals surface area contributed by atoms with Crippen LogP contribution in [0.25, 0.3) is 11.0 Å². The normalized spacial score (nSPS) is 16.9. The van der Waals surface area contributed by atoms with Crippen LogP contribution in [0.5, 0.6) is 0 Å². The second-order valence-corrected chi connectivity index (χ2v) is 5.79. The maximum Gasteiger partial charge on any atom is 0.264 e. The number of pyridine rings is 1. The van der Waals surface area contributed by atoms with Crippen molar-refractivity contribution >= 4 is 16.9 Å². The molecule has 1 aliphatic heterocycles. The maximum absolute atomic E-state index is 13.5. The number of piperidine rings is 1. The molecule has 1 fully saturated rings. The van der Waals surface area contributed by atoms with Gasteiger partial charge in [-0.25, -0.2) is 13.8 Å². The van der Waals surface area contributed by atoms with Gasteiger partial charge in [-0.3, -0.25) is 4.68 Å². The fourth-order valence-electron chi connectivity index (χ4n) is 3.07. The molecule has 0 spiro atoms. The van der Waals surface area contributed by atoms with Crippen molar-refractivity contribution in [2.75, 3.05) is 18.0 Å². The van der Waals surface area contributed by atoms with Gasteiger partial charge in [0, 0.05) is 36.9 Å². The number of anilines is 1. The van der Waals surface area contributed by atoms with E-state index in [1.165, 1.54) is 6.07 Å². The van der Waals surface area contributed by atoms with Gasteiger partial charge in [0.25, 0.3) is 6.43 Å². The van der Waals surface area contributed by atoms with Crippen LogP contribution >= 0.6 is 0 Å². The van der Waals surface area contributed by atoms with Crippen LogP contribution in [-0.2, 0) is 6.54 Å². The quantitative estimate of drug-likeness (QED) is 0.947. The lowest BCUT2D eigenvalue weighted by Gasteiger charge is -2.31. The van der Waals surface area contributed by atoms with Crippen LogP contribution in [0.15, 0.2) is 6.07 Å². The highest BCUT2D eigenvalue weighted by Crippen LogP contribution is 2.32. The molecular formula is C15H21F2N5. The Bertz CT molecular complexity index is 674. The van der Waals surface area contributed by atoms with Gasteiger partial charge in [-0.05, 0) is 32.8 Å². The summed E-state index contributed by atoms with van der Waals surface area (Å²) in [4.78, 5) is 6.54. The summed E-state index contributed by atoms with van der Waals surface area (Å²) in [6.07, 6.45) is -0.831. The number of nitrogens with two attached hydrogens (primary N) is 1. The smallest absolute Gasteiger partial charge is 0.264 e. The SMILES string of the molecule is CCn1nc2nc(N3CCC(N)CC3)cc(C(F)F)c2c1C. The predicted octanol–water partition coefficient (Wildman–Crippen LogP) is 2.62. The van der Waals surface area contributed by atoms with Crippen molar-refractivity contribution in [3.8, 4) is 0 Å². The molecule has 1 saturated heterocycles. The van der Waals surface area contributed by atoms with Crippen LogP contribution in [0.1, 0.15) is 37.4 Å². The Hall–Kier alpha value is -1.76. The van der Waals surface area contributed by atoms with Crippen LogP contribution in [0.2, 0.25) is 0 Å². The topological polar surface area (TPSA) is 60.0 Å². The highest BCUT2D eigenvalue weighted by atomic mass is 19.3. The van der Waals surface area contributed by atoms with Crippen LogP contribution in [0, 0.1) is 6.92 Å². The molecule has 0 saturated carbocycles. The Morgan fingerprint density at radius 1 is 1.36 bits per heavy atom. The number of hydrogen-bond acceptors (Lipinski definition) is 4. The van der Waals surface area contributed by atoms with E-state index in [4.69, 9.17) is 5.73 Å². The summed E-state index contributed by atoms with van der Waals surface area (Å²) in [5.41, 5.74) is 7.07. The first kappa shape index (κ1) is 15.1. The van der Waals surface area contributed by atoms with E-state index in [1.54, 1.807) is 4.68 Å². The molecule has 2 N–H and O–H groups in total. The van der Waals surface area contributed by atoms with E-state index in [0.29, 0.717) is 23.4 Å². The number of aromatic nitrogens is 3. The lowest BCUT2D eigenvalue weighted by atomic mass is 10.1. The number of rotatable bonds is 3. The highest BCUT2D eigenvalue weighted by Gasteiger charge is 2.23. The minimum atomic E-state index is -2.54. The number of hydrogen-bond donors (Lipinski definition) is 1. The van der Waals surface area contributed by atoms with Crippen LogP contribution in [0.4, 0.5) is 14.6 Å². The van der Waals surface area contributed by atoms with Crippen molar-refractivity contribution < 1.29 is 8.78 Å². The minimum Gasteiger partial charge on any atom is -0.356 e. The Balaban J connectivity index is 2.09. The highest BCUT2D eigenvalue weighted by molar-refractivity contribution is 5.84. The fraction of sp³-hybridized carbons (Fsp3) is 0.600. The minimum absolute atomic E-state index is 0.0204. The van der Waals surface area contributed by atoms with Crippen LogP contribution in [-0.4, -0.2) is 33.9 Å². The second-order valence-electron chi connectivity index (χ2n) is 5.79. The second kappa shape index (κ2) is 5.79. The van der Waals surface area contributed by atoms with Gasteiger partial charge in [-0.1, -0.05) is 0 Å². The predicted molar refractivity (Wildman–Crippen MR) is 82.3 cm³/mol. The van der Waals surface area contributed by atoms with Crippen molar-refractivity contribution in [1.29, 1.82) is 0 Å². The third kappa shape index (κ3) is 2.54. The van der Waals surface area contributed by atoms with Crippen molar-refractivity contribution in [1.82, 2.24) is 14.8 Å². The zero-order valence-electron chi connectivity index (χ0n) is 12.9. The van der Waals surface area contributed by atoms with E-state index < -0.39 is 6.43 Å². The van der Waals surface area contributed by atoms with E-state index in [9.17, 15) is 8.78 Å². The Kier molecular flexibility index (Phi) is 3.99. The molecular weight excluding hydrogens is 288 g/mol. The first-order chi connectivity index (χ1) is 10.5. The molecule has 1 aliphatic rings. The molecule has 0 amide bonds. The van der Waals surface area contributed by atoms with Crippen molar-refractivity contribution in [2.24, 2.45) is 5.73 Å². The van der Waals surface area contributed by atoms with Crippen LogP contribution in [0.3, 0.4) is 0 Å². The molecule has 7 heteroatoms. The molecule has 0 aromatic carbocycles. The summed E-state index contributed by atoms with van der Waals surface area (Å²) in [6, 6.07) is 1.70. The lowest BCUT2D eigenvalue weighted by molar-refractivity contribution is 0.153. The van der Waals surface area contributed by atoms with E-state index >= 15 is 0 Å². The molecule has 0 atom stereocenters.